The van der Waals surface area contributed by atoms with E-state index in [-0.39, 0.29) is 11.6 Å². The molecule has 1 aliphatic heterocycles. The topological polar surface area (TPSA) is 49.8 Å². The molecule has 15 heavy (non-hydrogen) atoms. The lowest BCUT2D eigenvalue weighted by Gasteiger charge is -2.24. The van der Waals surface area contributed by atoms with Crippen LogP contribution in [-0.2, 0) is 9.53 Å². The molecule has 0 saturated carbocycles. The molecule has 4 nitrogen and oxygen atoms in total. The molecule has 0 aromatic rings. The number of carboxylic acids is 1. The van der Waals surface area contributed by atoms with Gasteiger partial charge in [0.2, 0.25) is 0 Å². The van der Waals surface area contributed by atoms with E-state index in [0.29, 0.717) is 13.2 Å². The van der Waals surface area contributed by atoms with Crippen molar-refractivity contribution in [3.05, 3.63) is 0 Å². The van der Waals surface area contributed by atoms with Crippen LogP contribution in [0.2, 0.25) is 0 Å². The predicted molar refractivity (Wildman–Crippen MR) is 57.9 cm³/mol. The van der Waals surface area contributed by atoms with E-state index in [0.717, 1.165) is 19.4 Å². The van der Waals surface area contributed by atoms with Crippen molar-refractivity contribution in [2.75, 3.05) is 19.7 Å². The molecule has 1 aliphatic rings. The molecule has 1 saturated heterocycles. The number of nitrogens with zero attached hydrogens (tertiary/aromatic N) is 1. The molecule has 1 unspecified atom stereocenters. The Hall–Kier alpha value is -0.610. The van der Waals surface area contributed by atoms with Crippen molar-refractivity contribution < 1.29 is 14.6 Å². The summed E-state index contributed by atoms with van der Waals surface area (Å²) in [4.78, 5) is 12.9. The predicted octanol–water partition coefficient (Wildman–Crippen LogP) is 1.35. The first kappa shape index (κ1) is 12.5. The van der Waals surface area contributed by atoms with Crippen LogP contribution < -0.4 is 0 Å². The molecule has 0 aromatic heterocycles. The SMILES string of the molecule is CC(C)(C)OCCN1CCCC1C(=O)O. The number of carboxylic acid groups (broad SMARTS) is 1. The van der Waals surface area contributed by atoms with Crippen molar-refractivity contribution in [1.29, 1.82) is 0 Å². The van der Waals surface area contributed by atoms with Gasteiger partial charge in [0.15, 0.2) is 0 Å². The Labute approximate surface area is 91.2 Å². The minimum absolute atomic E-state index is 0.140. The second-order valence-corrected chi connectivity index (χ2v) is 4.99. The molecule has 0 spiro atoms. The zero-order chi connectivity index (χ0) is 11.5. The minimum Gasteiger partial charge on any atom is -0.480 e. The second-order valence-electron chi connectivity index (χ2n) is 4.99. The lowest BCUT2D eigenvalue weighted by atomic mass is 10.2. The van der Waals surface area contributed by atoms with Gasteiger partial charge in [-0.1, -0.05) is 0 Å². The fourth-order valence-electron chi connectivity index (χ4n) is 1.84. The van der Waals surface area contributed by atoms with Crippen LogP contribution in [0.25, 0.3) is 0 Å². The highest BCUT2D eigenvalue weighted by Gasteiger charge is 2.30. The number of rotatable bonds is 4. The van der Waals surface area contributed by atoms with E-state index >= 15 is 0 Å². The van der Waals surface area contributed by atoms with Crippen LogP contribution in [0.5, 0.6) is 0 Å². The summed E-state index contributed by atoms with van der Waals surface area (Å²) in [5.74, 6) is -0.705. The number of carbonyl (C=O) groups is 1. The Bertz CT molecular complexity index is 222. The highest BCUT2D eigenvalue weighted by atomic mass is 16.5. The molecule has 1 N–H and O–H groups in total. The van der Waals surface area contributed by atoms with Crippen molar-refractivity contribution in [3.63, 3.8) is 0 Å². The smallest absolute Gasteiger partial charge is 0.320 e. The third kappa shape index (κ3) is 4.18. The second kappa shape index (κ2) is 4.94. The van der Waals surface area contributed by atoms with Crippen LogP contribution in [0.15, 0.2) is 0 Å². The molecule has 1 rings (SSSR count). The molecule has 0 amide bonds. The number of likely N-dealkylation sites (tertiary alicyclic amines) is 1. The van der Waals surface area contributed by atoms with Crippen molar-refractivity contribution in [2.24, 2.45) is 0 Å². The zero-order valence-electron chi connectivity index (χ0n) is 9.82. The van der Waals surface area contributed by atoms with Crippen LogP contribution in [0.4, 0.5) is 0 Å². The van der Waals surface area contributed by atoms with E-state index in [4.69, 9.17) is 9.84 Å². The van der Waals surface area contributed by atoms with Crippen LogP contribution in [-0.4, -0.2) is 47.3 Å². The van der Waals surface area contributed by atoms with E-state index in [2.05, 4.69) is 0 Å². The van der Waals surface area contributed by atoms with Crippen molar-refractivity contribution in [1.82, 2.24) is 4.90 Å². The molecule has 0 aromatic carbocycles. The van der Waals surface area contributed by atoms with E-state index in [9.17, 15) is 4.79 Å². The number of aliphatic carboxylic acids is 1. The summed E-state index contributed by atoms with van der Waals surface area (Å²) in [6, 6.07) is -0.298. The highest BCUT2D eigenvalue weighted by molar-refractivity contribution is 5.73. The van der Waals surface area contributed by atoms with Gasteiger partial charge < -0.3 is 9.84 Å². The average molecular weight is 215 g/mol. The molecule has 0 radical (unpaired) electrons. The number of hydrogen-bond acceptors (Lipinski definition) is 3. The maximum atomic E-state index is 10.9. The Balaban J connectivity index is 2.29. The Morgan fingerprint density at radius 2 is 2.20 bits per heavy atom. The van der Waals surface area contributed by atoms with Gasteiger partial charge in [0.25, 0.3) is 0 Å². The quantitative estimate of drug-likeness (QED) is 0.769. The first-order valence-corrected chi connectivity index (χ1v) is 5.51. The molecule has 88 valence electrons. The molecule has 0 bridgehead atoms. The van der Waals surface area contributed by atoms with Gasteiger partial charge in [-0.2, -0.15) is 0 Å². The van der Waals surface area contributed by atoms with Gasteiger partial charge in [-0.3, -0.25) is 9.69 Å². The monoisotopic (exact) mass is 215 g/mol. The largest absolute Gasteiger partial charge is 0.480 e. The van der Waals surface area contributed by atoms with Gasteiger partial charge in [0.1, 0.15) is 6.04 Å². The lowest BCUT2D eigenvalue weighted by Crippen LogP contribution is -2.39. The van der Waals surface area contributed by atoms with E-state index in [1.165, 1.54) is 0 Å². The van der Waals surface area contributed by atoms with Gasteiger partial charge in [0, 0.05) is 6.54 Å². The summed E-state index contributed by atoms with van der Waals surface area (Å²) in [5, 5.41) is 8.96. The summed E-state index contributed by atoms with van der Waals surface area (Å²) in [7, 11) is 0. The van der Waals surface area contributed by atoms with Crippen LogP contribution in [0.3, 0.4) is 0 Å². The summed E-state index contributed by atoms with van der Waals surface area (Å²) in [6.07, 6.45) is 1.75. The Kier molecular flexibility index (Phi) is 4.11. The molecule has 1 heterocycles. The standard InChI is InChI=1S/C11H21NO3/c1-11(2,3)15-8-7-12-6-4-5-9(12)10(13)14/h9H,4-8H2,1-3H3,(H,13,14). The summed E-state index contributed by atoms with van der Waals surface area (Å²) < 4.78 is 5.58. The molecule has 4 heteroatoms. The summed E-state index contributed by atoms with van der Waals surface area (Å²) in [6.45, 7) is 8.22. The van der Waals surface area contributed by atoms with Gasteiger partial charge in [-0.25, -0.2) is 0 Å². The molecular weight excluding hydrogens is 194 g/mol. The minimum atomic E-state index is -0.705. The molecule has 0 aliphatic carbocycles. The third-order valence-corrected chi connectivity index (χ3v) is 2.56. The van der Waals surface area contributed by atoms with E-state index in [1.807, 2.05) is 25.7 Å². The zero-order valence-corrected chi connectivity index (χ0v) is 9.82. The summed E-state index contributed by atoms with van der Waals surface area (Å²) in [5.41, 5.74) is -0.140. The van der Waals surface area contributed by atoms with Crippen LogP contribution >= 0.6 is 0 Å². The third-order valence-electron chi connectivity index (χ3n) is 2.56. The van der Waals surface area contributed by atoms with Crippen molar-refractivity contribution >= 4 is 5.97 Å². The number of hydrogen-bond donors (Lipinski definition) is 1. The molecule has 1 fully saturated rings. The van der Waals surface area contributed by atoms with Gasteiger partial charge in [-0.15, -0.1) is 0 Å². The maximum Gasteiger partial charge on any atom is 0.320 e. The van der Waals surface area contributed by atoms with Gasteiger partial charge in [0.05, 0.1) is 12.2 Å². The fourth-order valence-corrected chi connectivity index (χ4v) is 1.84. The Morgan fingerprint density at radius 1 is 1.53 bits per heavy atom. The van der Waals surface area contributed by atoms with Crippen LogP contribution in [0, 0.1) is 0 Å². The average Bonchev–Trinajstić information content (AvgIpc) is 2.49. The first-order chi connectivity index (χ1) is 6.90. The lowest BCUT2D eigenvalue weighted by molar-refractivity contribution is -0.142. The van der Waals surface area contributed by atoms with Gasteiger partial charge in [-0.05, 0) is 40.2 Å². The van der Waals surface area contributed by atoms with Crippen LogP contribution in [0.1, 0.15) is 33.6 Å². The maximum absolute atomic E-state index is 10.9. The van der Waals surface area contributed by atoms with Gasteiger partial charge >= 0.3 is 5.97 Å². The number of ether oxygens (including phenoxy) is 1. The molecular formula is C11H21NO3. The Morgan fingerprint density at radius 3 is 2.73 bits per heavy atom. The molecule has 1 atom stereocenters. The first-order valence-electron chi connectivity index (χ1n) is 5.51. The van der Waals surface area contributed by atoms with Crippen molar-refractivity contribution in [3.8, 4) is 0 Å². The fraction of sp³-hybridized carbons (Fsp3) is 0.909. The van der Waals surface area contributed by atoms with Crippen molar-refractivity contribution in [2.45, 2.75) is 45.3 Å². The van der Waals surface area contributed by atoms with E-state index < -0.39 is 5.97 Å². The highest BCUT2D eigenvalue weighted by Crippen LogP contribution is 2.17. The summed E-state index contributed by atoms with van der Waals surface area (Å²) >= 11 is 0. The normalized spacial score (nSPS) is 23.3. The van der Waals surface area contributed by atoms with E-state index in [1.54, 1.807) is 0 Å².